The molecule has 0 radical (unpaired) electrons. The summed E-state index contributed by atoms with van der Waals surface area (Å²) in [6.07, 6.45) is 0.146. The molecule has 15 heavy (non-hydrogen) atoms. The Labute approximate surface area is 88.6 Å². The van der Waals surface area contributed by atoms with Crippen LogP contribution >= 0.6 is 0 Å². The van der Waals surface area contributed by atoms with E-state index in [9.17, 15) is 4.79 Å². The SMILES string of the molecule is CCc1ccc(CNCCOC(N)=O)o1. The molecule has 84 valence electrons. The van der Waals surface area contributed by atoms with Gasteiger partial charge in [0.2, 0.25) is 0 Å². The molecule has 0 unspecified atom stereocenters. The first-order valence-electron chi connectivity index (χ1n) is 4.93. The van der Waals surface area contributed by atoms with E-state index in [0.29, 0.717) is 13.1 Å². The Morgan fingerprint density at radius 2 is 2.27 bits per heavy atom. The van der Waals surface area contributed by atoms with Gasteiger partial charge in [-0.05, 0) is 12.1 Å². The lowest BCUT2D eigenvalue weighted by Crippen LogP contribution is -2.23. The first-order chi connectivity index (χ1) is 7.22. The summed E-state index contributed by atoms with van der Waals surface area (Å²) in [4.78, 5) is 10.2. The molecule has 0 saturated carbocycles. The smallest absolute Gasteiger partial charge is 0.404 e. The fraction of sp³-hybridized carbons (Fsp3) is 0.500. The average Bonchev–Trinajstić information content (AvgIpc) is 2.65. The Morgan fingerprint density at radius 3 is 2.87 bits per heavy atom. The van der Waals surface area contributed by atoms with Crippen molar-refractivity contribution >= 4 is 6.09 Å². The molecule has 1 aromatic heterocycles. The maximum Gasteiger partial charge on any atom is 0.404 e. The quantitative estimate of drug-likeness (QED) is 0.690. The molecule has 0 aliphatic rings. The molecule has 0 spiro atoms. The lowest BCUT2D eigenvalue weighted by molar-refractivity contribution is 0.157. The second-order valence-electron chi connectivity index (χ2n) is 3.07. The molecule has 1 rings (SSSR count). The fourth-order valence-corrected chi connectivity index (χ4v) is 1.14. The van der Waals surface area contributed by atoms with E-state index in [4.69, 9.17) is 10.2 Å². The van der Waals surface area contributed by atoms with Crippen LogP contribution in [0.3, 0.4) is 0 Å². The van der Waals surface area contributed by atoms with Crippen LogP contribution in [0.2, 0.25) is 0 Å². The summed E-state index contributed by atoms with van der Waals surface area (Å²) in [5.74, 6) is 1.85. The number of hydrogen-bond acceptors (Lipinski definition) is 4. The van der Waals surface area contributed by atoms with Gasteiger partial charge in [-0.3, -0.25) is 0 Å². The molecule has 1 amide bonds. The second-order valence-corrected chi connectivity index (χ2v) is 3.07. The predicted octanol–water partition coefficient (Wildman–Crippen LogP) is 1.03. The molecule has 0 atom stereocenters. The van der Waals surface area contributed by atoms with Crippen LogP contribution in [-0.4, -0.2) is 19.2 Å². The number of hydrogen-bond donors (Lipinski definition) is 2. The van der Waals surface area contributed by atoms with E-state index in [-0.39, 0.29) is 6.61 Å². The van der Waals surface area contributed by atoms with E-state index in [0.717, 1.165) is 17.9 Å². The average molecular weight is 212 g/mol. The summed E-state index contributed by atoms with van der Waals surface area (Å²) >= 11 is 0. The zero-order chi connectivity index (χ0) is 11.1. The third-order valence-corrected chi connectivity index (χ3v) is 1.89. The number of nitrogens with one attached hydrogen (secondary N) is 1. The number of carbonyl (C=O) groups is 1. The number of ether oxygens (including phenoxy) is 1. The number of amides is 1. The van der Waals surface area contributed by atoms with Gasteiger partial charge < -0.3 is 20.2 Å². The number of aryl methyl sites for hydroxylation is 1. The normalized spacial score (nSPS) is 10.2. The van der Waals surface area contributed by atoms with Crippen molar-refractivity contribution in [2.45, 2.75) is 19.9 Å². The van der Waals surface area contributed by atoms with Crippen molar-refractivity contribution in [2.75, 3.05) is 13.2 Å². The molecule has 0 aliphatic heterocycles. The van der Waals surface area contributed by atoms with Gasteiger partial charge >= 0.3 is 6.09 Å². The fourth-order valence-electron chi connectivity index (χ4n) is 1.14. The Kier molecular flexibility index (Phi) is 4.70. The lowest BCUT2D eigenvalue weighted by atomic mass is 10.3. The van der Waals surface area contributed by atoms with E-state index >= 15 is 0 Å². The summed E-state index contributed by atoms with van der Waals surface area (Å²) in [5, 5.41) is 3.07. The van der Waals surface area contributed by atoms with Crippen molar-refractivity contribution in [3.8, 4) is 0 Å². The van der Waals surface area contributed by atoms with Crippen LogP contribution in [-0.2, 0) is 17.7 Å². The largest absolute Gasteiger partial charge is 0.465 e. The highest BCUT2D eigenvalue weighted by atomic mass is 16.5. The number of primary amides is 1. The van der Waals surface area contributed by atoms with Crippen LogP contribution in [0, 0.1) is 0 Å². The van der Waals surface area contributed by atoms with Crippen LogP contribution in [0.5, 0.6) is 0 Å². The summed E-state index contributed by atoms with van der Waals surface area (Å²) in [5.41, 5.74) is 4.80. The minimum Gasteiger partial charge on any atom is -0.465 e. The summed E-state index contributed by atoms with van der Waals surface area (Å²) in [6, 6.07) is 3.89. The molecule has 0 saturated heterocycles. The molecular formula is C10H16N2O3. The minimum absolute atomic E-state index is 0.274. The lowest BCUT2D eigenvalue weighted by Gasteiger charge is -2.02. The van der Waals surface area contributed by atoms with Gasteiger partial charge in [0.1, 0.15) is 18.1 Å². The van der Waals surface area contributed by atoms with Crippen molar-refractivity contribution in [2.24, 2.45) is 5.73 Å². The van der Waals surface area contributed by atoms with Crippen LogP contribution in [0.1, 0.15) is 18.4 Å². The van der Waals surface area contributed by atoms with Gasteiger partial charge in [0.25, 0.3) is 0 Å². The van der Waals surface area contributed by atoms with Gasteiger partial charge in [-0.15, -0.1) is 0 Å². The van der Waals surface area contributed by atoms with Gasteiger partial charge in [0.15, 0.2) is 0 Å². The Hall–Kier alpha value is -1.49. The van der Waals surface area contributed by atoms with E-state index in [2.05, 4.69) is 10.1 Å². The van der Waals surface area contributed by atoms with Crippen molar-refractivity contribution in [1.82, 2.24) is 5.32 Å². The van der Waals surface area contributed by atoms with Gasteiger partial charge in [0, 0.05) is 13.0 Å². The van der Waals surface area contributed by atoms with Crippen LogP contribution in [0.4, 0.5) is 4.79 Å². The van der Waals surface area contributed by atoms with Crippen LogP contribution < -0.4 is 11.1 Å². The van der Waals surface area contributed by atoms with Gasteiger partial charge in [-0.25, -0.2) is 4.79 Å². The van der Waals surface area contributed by atoms with E-state index < -0.39 is 6.09 Å². The zero-order valence-electron chi connectivity index (χ0n) is 8.79. The second kappa shape index (κ2) is 6.08. The van der Waals surface area contributed by atoms with Crippen molar-refractivity contribution in [1.29, 1.82) is 0 Å². The van der Waals surface area contributed by atoms with Gasteiger partial charge in [-0.1, -0.05) is 6.92 Å². The molecule has 1 aromatic rings. The third kappa shape index (κ3) is 4.51. The Balaban J connectivity index is 2.12. The molecule has 0 aromatic carbocycles. The Bertz CT molecular complexity index is 309. The highest BCUT2D eigenvalue weighted by molar-refractivity contribution is 5.64. The number of nitrogens with two attached hydrogens (primary N) is 1. The van der Waals surface area contributed by atoms with E-state index in [1.807, 2.05) is 19.1 Å². The highest BCUT2D eigenvalue weighted by Crippen LogP contribution is 2.07. The van der Waals surface area contributed by atoms with Gasteiger partial charge in [-0.2, -0.15) is 0 Å². The highest BCUT2D eigenvalue weighted by Gasteiger charge is 1.99. The molecule has 5 nitrogen and oxygen atoms in total. The van der Waals surface area contributed by atoms with Crippen molar-refractivity contribution in [3.05, 3.63) is 23.7 Å². The first-order valence-corrected chi connectivity index (χ1v) is 4.93. The zero-order valence-corrected chi connectivity index (χ0v) is 8.79. The molecular weight excluding hydrogens is 196 g/mol. The Morgan fingerprint density at radius 1 is 1.53 bits per heavy atom. The number of furan rings is 1. The molecule has 0 bridgehead atoms. The first kappa shape index (κ1) is 11.6. The van der Waals surface area contributed by atoms with Gasteiger partial charge in [0.05, 0.1) is 6.54 Å². The van der Waals surface area contributed by atoms with Crippen LogP contribution in [0.25, 0.3) is 0 Å². The summed E-state index contributed by atoms with van der Waals surface area (Å²) in [7, 11) is 0. The maximum absolute atomic E-state index is 10.2. The van der Waals surface area contributed by atoms with E-state index in [1.165, 1.54) is 0 Å². The summed E-state index contributed by atoms with van der Waals surface area (Å²) in [6.45, 7) is 3.50. The molecule has 0 aliphatic carbocycles. The predicted molar refractivity (Wildman–Crippen MR) is 55.3 cm³/mol. The minimum atomic E-state index is -0.747. The standard InChI is InChI=1S/C10H16N2O3/c1-2-8-3-4-9(15-8)7-12-5-6-14-10(11)13/h3-4,12H,2,5-7H2,1H3,(H2,11,13). The van der Waals surface area contributed by atoms with Crippen LogP contribution in [0.15, 0.2) is 16.5 Å². The molecule has 5 heteroatoms. The van der Waals surface area contributed by atoms with Crippen molar-refractivity contribution in [3.63, 3.8) is 0 Å². The van der Waals surface area contributed by atoms with Crippen molar-refractivity contribution < 1.29 is 13.9 Å². The summed E-state index contributed by atoms with van der Waals surface area (Å²) < 4.78 is 10.0. The number of rotatable bonds is 6. The van der Waals surface area contributed by atoms with E-state index in [1.54, 1.807) is 0 Å². The molecule has 1 heterocycles. The monoisotopic (exact) mass is 212 g/mol. The topological polar surface area (TPSA) is 77.5 Å². The molecule has 3 N–H and O–H groups in total. The molecule has 0 fully saturated rings. The third-order valence-electron chi connectivity index (χ3n) is 1.89. The number of carbonyl (C=O) groups excluding carboxylic acids is 1. The maximum atomic E-state index is 10.2.